The Morgan fingerprint density at radius 3 is 1.26 bits per heavy atom. The van der Waals surface area contributed by atoms with Gasteiger partial charge < -0.3 is 9.47 Å². The summed E-state index contributed by atoms with van der Waals surface area (Å²) < 4.78 is 13.2. The molecule has 0 bridgehead atoms. The molecule has 0 saturated carbocycles. The second-order valence-electron chi connectivity index (χ2n) is 12.0. The van der Waals surface area contributed by atoms with Gasteiger partial charge in [0.2, 0.25) is 0 Å². The van der Waals surface area contributed by atoms with E-state index in [-0.39, 0.29) is 0 Å². The number of ether oxygens (including phenoxy) is 2. The largest absolute Gasteiger partial charge is 0.493 e. The van der Waals surface area contributed by atoms with Gasteiger partial charge in [0.05, 0.1) is 13.2 Å². The molecule has 0 saturated heterocycles. The molecule has 5 aromatic rings. The van der Waals surface area contributed by atoms with Crippen LogP contribution in [0, 0.1) is 0 Å². The van der Waals surface area contributed by atoms with Crippen LogP contribution in [0.15, 0.2) is 109 Å². The molecule has 7 rings (SSSR count). The van der Waals surface area contributed by atoms with E-state index in [4.69, 9.17) is 9.47 Å². The maximum Gasteiger partial charge on any atom is 0.127 e. The molecule has 2 heteroatoms. The highest BCUT2D eigenvalue weighted by Gasteiger charge is 2.24. The number of fused-ring (bicyclic) bond motifs is 5. The molecule has 0 aliphatic heterocycles. The number of rotatable bonds is 10. The number of hydrogen-bond acceptors (Lipinski definition) is 2. The van der Waals surface area contributed by atoms with Gasteiger partial charge in [0.15, 0.2) is 0 Å². The van der Waals surface area contributed by atoms with Crippen molar-refractivity contribution in [2.75, 3.05) is 13.2 Å². The first-order valence-corrected chi connectivity index (χ1v) is 16.7. The van der Waals surface area contributed by atoms with Gasteiger partial charge in [-0.05, 0) is 92.8 Å². The standard InChI is InChI=1S/C44H40O2/c1-3-5-25-45-43-30-34(28-42-39-21-13-11-19-37(39)38-20-12-14-22-40(38)42)44(46-26-6-4-2)29-33(43)27-41-35-17-9-7-15-31(35)23-24-32-16-8-10-18-36(32)41/h7-24,27-30H,3-6,25-26H2,1-2H3. The van der Waals surface area contributed by atoms with Crippen molar-refractivity contribution < 1.29 is 9.47 Å². The highest BCUT2D eigenvalue weighted by molar-refractivity contribution is 6.07. The average Bonchev–Trinajstić information content (AvgIpc) is 3.32. The number of benzene rings is 5. The predicted octanol–water partition coefficient (Wildman–Crippen LogP) is 11.7. The Hall–Kier alpha value is -5.08. The zero-order valence-corrected chi connectivity index (χ0v) is 26.8. The van der Waals surface area contributed by atoms with Gasteiger partial charge in [-0.2, -0.15) is 0 Å². The molecule has 228 valence electrons. The van der Waals surface area contributed by atoms with Crippen molar-refractivity contribution in [3.05, 3.63) is 154 Å². The number of hydrogen-bond donors (Lipinski definition) is 0. The minimum atomic E-state index is 0.666. The van der Waals surface area contributed by atoms with Crippen LogP contribution < -0.4 is 9.47 Å². The highest BCUT2D eigenvalue weighted by atomic mass is 16.5. The van der Waals surface area contributed by atoms with Gasteiger partial charge in [0.25, 0.3) is 0 Å². The number of unbranched alkanes of at least 4 members (excludes halogenated alkanes) is 2. The fourth-order valence-corrected chi connectivity index (χ4v) is 6.49. The van der Waals surface area contributed by atoms with E-state index < -0.39 is 0 Å². The summed E-state index contributed by atoms with van der Waals surface area (Å²) >= 11 is 0. The van der Waals surface area contributed by atoms with Gasteiger partial charge >= 0.3 is 0 Å². The summed E-state index contributed by atoms with van der Waals surface area (Å²) in [5, 5.41) is 0. The van der Waals surface area contributed by atoms with Gasteiger partial charge in [0.1, 0.15) is 11.5 Å². The predicted molar refractivity (Wildman–Crippen MR) is 195 cm³/mol. The topological polar surface area (TPSA) is 18.5 Å². The van der Waals surface area contributed by atoms with E-state index >= 15 is 0 Å². The SMILES string of the molecule is CCCCOc1cc(C=C2c3ccccc3-c3ccccc32)c(OCCCC)cc1C=C1c2ccccc2C=Cc2ccccc21. The normalized spacial score (nSPS) is 12.5. The smallest absolute Gasteiger partial charge is 0.127 e. The lowest BCUT2D eigenvalue weighted by Crippen LogP contribution is -2.03. The minimum absolute atomic E-state index is 0.666. The first kappa shape index (κ1) is 29.6. The monoisotopic (exact) mass is 600 g/mol. The molecule has 0 radical (unpaired) electrons. The molecule has 2 aliphatic carbocycles. The van der Waals surface area contributed by atoms with Crippen molar-refractivity contribution in [1.82, 2.24) is 0 Å². The molecule has 2 nitrogen and oxygen atoms in total. The molecule has 0 N–H and O–H groups in total. The zero-order valence-electron chi connectivity index (χ0n) is 26.8. The lowest BCUT2D eigenvalue weighted by Gasteiger charge is -2.18. The van der Waals surface area contributed by atoms with E-state index in [1.807, 2.05) is 0 Å². The summed E-state index contributed by atoms with van der Waals surface area (Å²) in [4.78, 5) is 0. The molecule has 2 aliphatic rings. The minimum Gasteiger partial charge on any atom is -0.493 e. The molecule has 0 unspecified atom stereocenters. The molecular weight excluding hydrogens is 560 g/mol. The molecular formula is C44H40O2. The molecule has 0 amide bonds. The van der Waals surface area contributed by atoms with Crippen molar-refractivity contribution in [2.24, 2.45) is 0 Å². The fraction of sp³-hybridized carbons (Fsp3) is 0.182. The van der Waals surface area contributed by atoms with Gasteiger partial charge in [-0.1, -0.05) is 136 Å². The highest BCUT2D eigenvalue weighted by Crippen LogP contribution is 2.46. The summed E-state index contributed by atoms with van der Waals surface area (Å²) in [6.07, 6.45) is 13.2. The molecule has 5 aromatic carbocycles. The van der Waals surface area contributed by atoms with Crippen LogP contribution in [0.1, 0.15) is 84.0 Å². The quantitative estimate of drug-likeness (QED) is 0.145. The summed E-state index contributed by atoms with van der Waals surface area (Å²) in [5.74, 6) is 1.76. The Kier molecular flexibility index (Phi) is 8.69. The fourth-order valence-electron chi connectivity index (χ4n) is 6.49. The van der Waals surface area contributed by atoms with E-state index in [1.54, 1.807) is 0 Å². The lowest BCUT2D eigenvalue weighted by molar-refractivity contribution is 0.300. The van der Waals surface area contributed by atoms with Gasteiger partial charge in [-0.15, -0.1) is 0 Å². The van der Waals surface area contributed by atoms with Crippen LogP contribution in [0.2, 0.25) is 0 Å². The van der Waals surface area contributed by atoms with Crippen LogP contribution in [-0.2, 0) is 0 Å². The summed E-state index contributed by atoms with van der Waals surface area (Å²) in [6, 6.07) is 39.1. The van der Waals surface area contributed by atoms with Crippen LogP contribution in [0.4, 0.5) is 0 Å². The van der Waals surface area contributed by atoms with Crippen molar-refractivity contribution in [3.8, 4) is 22.6 Å². The van der Waals surface area contributed by atoms with Gasteiger partial charge in [0, 0.05) is 11.1 Å². The lowest BCUT2D eigenvalue weighted by atomic mass is 9.91. The van der Waals surface area contributed by atoms with E-state index in [1.165, 1.54) is 55.7 Å². The molecule has 0 aromatic heterocycles. The Balaban J connectivity index is 1.43. The third kappa shape index (κ3) is 5.84. The van der Waals surface area contributed by atoms with E-state index in [9.17, 15) is 0 Å². The molecule has 0 atom stereocenters. The van der Waals surface area contributed by atoms with Crippen molar-refractivity contribution in [2.45, 2.75) is 39.5 Å². The van der Waals surface area contributed by atoms with Crippen LogP contribution in [-0.4, -0.2) is 13.2 Å². The summed E-state index contributed by atoms with van der Waals surface area (Å²) in [6.45, 7) is 5.74. The zero-order chi connectivity index (χ0) is 31.3. The third-order valence-corrected chi connectivity index (χ3v) is 8.92. The van der Waals surface area contributed by atoms with Crippen LogP contribution in [0.5, 0.6) is 11.5 Å². The molecule has 0 heterocycles. The first-order valence-electron chi connectivity index (χ1n) is 16.7. The third-order valence-electron chi connectivity index (χ3n) is 8.92. The van der Waals surface area contributed by atoms with Crippen molar-refractivity contribution in [3.63, 3.8) is 0 Å². The van der Waals surface area contributed by atoms with Crippen LogP contribution in [0.25, 0.3) is 46.6 Å². The Bertz CT molecular complexity index is 1870. The Labute approximate surface area is 273 Å². The molecule has 0 fully saturated rings. The maximum absolute atomic E-state index is 6.61. The second kappa shape index (κ2) is 13.5. The van der Waals surface area contributed by atoms with Crippen LogP contribution in [0.3, 0.4) is 0 Å². The van der Waals surface area contributed by atoms with Crippen molar-refractivity contribution in [1.29, 1.82) is 0 Å². The summed E-state index contributed by atoms with van der Waals surface area (Å²) in [7, 11) is 0. The van der Waals surface area contributed by atoms with Gasteiger partial charge in [-0.3, -0.25) is 0 Å². The van der Waals surface area contributed by atoms with E-state index in [0.717, 1.165) is 48.3 Å². The average molecular weight is 601 g/mol. The molecule has 46 heavy (non-hydrogen) atoms. The van der Waals surface area contributed by atoms with Gasteiger partial charge in [-0.25, -0.2) is 0 Å². The Morgan fingerprint density at radius 2 is 0.826 bits per heavy atom. The van der Waals surface area contributed by atoms with E-state index in [2.05, 4.69) is 147 Å². The van der Waals surface area contributed by atoms with E-state index in [0.29, 0.717) is 13.2 Å². The van der Waals surface area contributed by atoms with Crippen molar-refractivity contribution >= 4 is 35.5 Å². The van der Waals surface area contributed by atoms with Crippen LogP contribution >= 0.6 is 0 Å². The second-order valence-corrected chi connectivity index (χ2v) is 12.0. The maximum atomic E-state index is 6.61. The molecule has 0 spiro atoms. The first-order chi connectivity index (χ1) is 22.7. The summed E-state index contributed by atoms with van der Waals surface area (Å²) in [5.41, 5.74) is 14.4. The Morgan fingerprint density at radius 1 is 0.457 bits per heavy atom.